The molecule has 4 saturated carbocycles. The van der Waals surface area contributed by atoms with Gasteiger partial charge in [0.2, 0.25) is 5.91 Å². The van der Waals surface area contributed by atoms with Gasteiger partial charge in [-0.1, -0.05) is 17.7 Å². The molecular weight excluding hydrogens is 362 g/mol. The molecule has 3 N–H and O–H groups in total. The summed E-state index contributed by atoms with van der Waals surface area (Å²) in [6.45, 7) is 2.26. The molecule has 0 radical (unpaired) electrons. The number of hydrogen-bond acceptors (Lipinski definition) is 2. The average Bonchev–Trinajstić information content (AvgIpc) is 2.55. The largest absolute Gasteiger partial charge is 0.338 e. The molecule has 0 saturated heterocycles. The number of halogens is 1. The highest BCUT2D eigenvalue weighted by Gasteiger charge is 2.51. The lowest BCUT2D eigenvalue weighted by Crippen LogP contribution is -2.61. The fourth-order valence-corrected chi connectivity index (χ4v) is 6.05. The van der Waals surface area contributed by atoms with Gasteiger partial charge in [0.05, 0.1) is 10.7 Å². The summed E-state index contributed by atoms with van der Waals surface area (Å²) in [5.41, 5.74) is 1.64. The zero-order chi connectivity index (χ0) is 19.0. The zero-order valence-electron chi connectivity index (χ0n) is 15.8. The van der Waals surface area contributed by atoms with Crippen molar-refractivity contribution in [2.45, 2.75) is 57.4 Å². The standard InChI is InChI=1S/C21H28ClN3O2/c1-13-2-3-18(17(22)6-13)24-19(26)4-5-23-20(27)25-21-10-14-7-15(11-21)9-16(8-14)12-21/h2-3,6,14-16H,4-5,7-12H2,1H3,(H,24,26)(H2,23,25,27). The van der Waals surface area contributed by atoms with Crippen molar-refractivity contribution < 1.29 is 9.59 Å². The van der Waals surface area contributed by atoms with Crippen LogP contribution >= 0.6 is 11.6 Å². The van der Waals surface area contributed by atoms with E-state index in [0.29, 0.717) is 17.3 Å². The highest BCUT2D eigenvalue weighted by atomic mass is 35.5. The molecule has 0 spiro atoms. The van der Waals surface area contributed by atoms with Gasteiger partial charge in [-0.3, -0.25) is 4.79 Å². The van der Waals surface area contributed by atoms with Crippen LogP contribution in [0.15, 0.2) is 18.2 Å². The Hall–Kier alpha value is -1.75. The van der Waals surface area contributed by atoms with E-state index in [2.05, 4.69) is 16.0 Å². The molecule has 0 aliphatic heterocycles. The third kappa shape index (κ3) is 4.23. The van der Waals surface area contributed by atoms with Crippen molar-refractivity contribution in [2.24, 2.45) is 17.8 Å². The fourth-order valence-electron chi connectivity index (χ4n) is 5.77. The number of carbonyl (C=O) groups excluding carboxylic acids is 2. The van der Waals surface area contributed by atoms with Crippen LogP contribution in [0.4, 0.5) is 10.5 Å². The average molecular weight is 390 g/mol. The Morgan fingerprint density at radius 3 is 2.33 bits per heavy atom. The normalized spacial score (nSPS) is 30.8. The highest BCUT2D eigenvalue weighted by Crippen LogP contribution is 2.55. The first kappa shape index (κ1) is 18.6. The lowest BCUT2D eigenvalue weighted by atomic mass is 9.53. The summed E-state index contributed by atoms with van der Waals surface area (Å²) in [5, 5.41) is 9.43. The molecular formula is C21H28ClN3O2. The van der Waals surface area contributed by atoms with Crippen molar-refractivity contribution in [3.63, 3.8) is 0 Å². The number of anilines is 1. The van der Waals surface area contributed by atoms with Crippen LogP contribution in [0.25, 0.3) is 0 Å². The maximum absolute atomic E-state index is 12.4. The number of carbonyl (C=O) groups is 2. The van der Waals surface area contributed by atoms with Crippen LogP contribution in [0.1, 0.15) is 50.5 Å². The molecule has 0 heterocycles. The van der Waals surface area contributed by atoms with Crippen molar-refractivity contribution in [3.8, 4) is 0 Å². The van der Waals surface area contributed by atoms with Crippen molar-refractivity contribution in [3.05, 3.63) is 28.8 Å². The molecule has 4 fully saturated rings. The molecule has 0 aromatic heterocycles. The second kappa shape index (κ2) is 7.34. The Kier molecular flexibility index (Phi) is 5.06. The number of rotatable bonds is 5. The first-order chi connectivity index (χ1) is 12.9. The molecule has 5 nitrogen and oxygen atoms in total. The third-order valence-electron chi connectivity index (χ3n) is 6.45. The summed E-state index contributed by atoms with van der Waals surface area (Å²) in [6, 6.07) is 5.37. The Bertz CT molecular complexity index is 714. The van der Waals surface area contributed by atoms with E-state index in [0.717, 1.165) is 42.6 Å². The first-order valence-electron chi connectivity index (χ1n) is 10.0. The van der Waals surface area contributed by atoms with Gasteiger partial charge in [-0.2, -0.15) is 0 Å². The number of hydrogen-bond donors (Lipinski definition) is 3. The minimum Gasteiger partial charge on any atom is -0.338 e. The number of nitrogens with one attached hydrogen (secondary N) is 3. The summed E-state index contributed by atoms with van der Waals surface area (Å²) in [5.74, 6) is 2.22. The number of benzene rings is 1. The van der Waals surface area contributed by atoms with Gasteiger partial charge in [0.25, 0.3) is 0 Å². The zero-order valence-corrected chi connectivity index (χ0v) is 16.6. The first-order valence-corrected chi connectivity index (χ1v) is 10.4. The monoisotopic (exact) mass is 389 g/mol. The summed E-state index contributed by atoms with van der Waals surface area (Å²) in [4.78, 5) is 24.5. The van der Waals surface area contributed by atoms with E-state index in [1.807, 2.05) is 19.1 Å². The third-order valence-corrected chi connectivity index (χ3v) is 6.77. The minimum absolute atomic E-state index is 0.00346. The molecule has 1 aromatic carbocycles. The van der Waals surface area contributed by atoms with Crippen molar-refractivity contribution in [1.82, 2.24) is 10.6 Å². The van der Waals surface area contributed by atoms with Crippen LogP contribution in [-0.4, -0.2) is 24.0 Å². The molecule has 146 valence electrons. The molecule has 4 aliphatic carbocycles. The molecule has 0 atom stereocenters. The van der Waals surface area contributed by atoms with Gasteiger partial charge in [-0.15, -0.1) is 0 Å². The van der Waals surface area contributed by atoms with E-state index in [1.54, 1.807) is 6.07 Å². The Labute approximate surface area is 165 Å². The van der Waals surface area contributed by atoms with Gasteiger partial charge >= 0.3 is 6.03 Å². The van der Waals surface area contributed by atoms with Crippen LogP contribution in [0.5, 0.6) is 0 Å². The van der Waals surface area contributed by atoms with E-state index in [9.17, 15) is 9.59 Å². The molecule has 4 aliphatic rings. The predicted molar refractivity (Wildman–Crippen MR) is 107 cm³/mol. The van der Waals surface area contributed by atoms with E-state index in [4.69, 9.17) is 11.6 Å². The van der Waals surface area contributed by atoms with Crippen LogP contribution in [-0.2, 0) is 4.79 Å². The van der Waals surface area contributed by atoms with E-state index >= 15 is 0 Å². The molecule has 4 bridgehead atoms. The minimum atomic E-state index is -0.157. The van der Waals surface area contributed by atoms with Gasteiger partial charge in [0.15, 0.2) is 0 Å². The second-order valence-electron chi connectivity index (χ2n) is 8.86. The van der Waals surface area contributed by atoms with Crippen LogP contribution in [0.3, 0.4) is 0 Å². The summed E-state index contributed by atoms with van der Waals surface area (Å²) in [7, 11) is 0. The lowest BCUT2D eigenvalue weighted by molar-refractivity contribution is -0.116. The SMILES string of the molecule is Cc1ccc(NC(=O)CCNC(=O)NC23CC4CC(CC(C4)C2)C3)c(Cl)c1. The van der Waals surface area contributed by atoms with E-state index in [1.165, 1.54) is 19.3 Å². The summed E-state index contributed by atoms with van der Waals surface area (Å²) in [6.07, 6.45) is 7.65. The van der Waals surface area contributed by atoms with Crippen LogP contribution in [0.2, 0.25) is 5.02 Å². The Morgan fingerprint density at radius 1 is 1.11 bits per heavy atom. The molecule has 5 rings (SSSR count). The smallest absolute Gasteiger partial charge is 0.315 e. The van der Waals surface area contributed by atoms with Crippen molar-refractivity contribution in [1.29, 1.82) is 0 Å². The van der Waals surface area contributed by atoms with E-state index < -0.39 is 0 Å². The quantitative estimate of drug-likeness (QED) is 0.704. The maximum atomic E-state index is 12.4. The molecule has 6 heteroatoms. The maximum Gasteiger partial charge on any atom is 0.315 e. The summed E-state index contributed by atoms with van der Waals surface area (Å²) >= 11 is 6.14. The van der Waals surface area contributed by atoms with E-state index in [-0.39, 0.29) is 23.9 Å². The van der Waals surface area contributed by atoms with Crippen LogP contribution < -0.4 is 16.0 Å². The Balaban J connectivity index is 1.22. The van der Waals surface area contributed by atoms with Gasteiger partial charge in [0, 0.05) is 18.5 Å². The summed E-state index contributed by atoms with van der Waals surface area (Å²) < 4.78 is 0. The molecule has 0 unspecified atom stereocenters. The van der Waals surface area contributed by atoms with Crippen LogP contribution in [0, 0.1) is 24.7 Å². The lowest BCUT2D eigenvalue weighted by Gasteiger charge is -2.56. The van der Waals surface area contributed by atoms with Gasteiger partial charge in [-0.05, 0) is 80.9 Å². The van der Waals surface area contributed by atoms with Crippen molar-refractivity contribution >= 4 is 29.2 Å². The molecule has 1 aromatic rings. The number of aryl methyl sites for hydroxylation is 1. The topological polar surface area (TPSA) is 70.2 Å². The highest BCUT2D eigenvalue weighted by molar-refractivity contribution is 6.33. The van der Waals surface area contributed by atoms with Gasteiger partial charge in [0.1, 0.15) is 0 Å². The molecule has 3 amide bonds. The second-order valence-corrected chi connectivity index (χ2v) is 9.27. The Morgan fingerprint density at radius 2 is 1.74 bits per heavy atom. The number of amides is 3. The fraction of sp³-hybridized carbons (Fsp3) is 0.619. The van der Waals surface area contributed by atoms with Gasteiger partial charge < -0.3 is 16.0 Å². The molecule has 27 heavy (non-hydrogen) atoms. The predicted octanol–water partition coefficient (Wildman–Crippen LogP) is 4.25. The number of urea groups is 1. The van der Waals surface area contributed by atoms with Gasteiger partial charge in [-0.25, -0.2) is 4.79 Å². The van der Waals surface area contributed by atoms with Crippen molar-refractivity contribution in [2.75, 3.05) is 11.9 Å².